The summed E-state index contributed by atoms with van der Waals surface area (Å²) >= 11 is 0. The maximum Gasteiger partial charge on any atom is 0.193 e. The zero-order chi connectivity index (χ0) is 28.9. The minimum Gasteiger partial charge on any atom is -0.457 e. The molecule has 0 amide bonds. The van der Waals surface area contributed by atoms with Gasteiger partial charge in [0.15, 0.2) is 5.78 Å². The Morgan fingerprint density at radius 1 is 0.548 bits per heavy atom. The van der Waals surface area contributed by atoms with E-state index in [0.29, 0.717) is 23.0 Å². The van der Waals surface area contributed by atoms with E-state index in [1.165, 1.54) is 24.0 Å². The van der Waals surface area contributed by atoms with Gasteiger partial charge in [-0.1, -0.05) is 48.6 Å². The number of benzene rings is 4. The molecule has 3 nitrogen and oxygen atoms in total. The number of hydrogen-bond donors (Lipinski definition) is 0. The van der Waals surface area contributed by atoms with E-state index in [1.807, 2.05) is 74.5 Å². The molecule has 2 aliphatic carbocycles. The molecule has 0 aliphatic heterocycles. The van der Waals surface area contributed by atoms with E-state index < -0.39 is 0 Å². The van der Waals surface area contributed by atoms with E-state index in [4.69, 9.17) is 9.47 Å². The maximum atomic E-state index is 13.5. The first-order valence-electron chi connectivity index (χ1n) is 15.1. The van der Waals surface area contributed by atoms with Gasteiger partial charge < -0.3 is 9.47 Å². The van der Waals surface area contributed by atoms with Crippen LogP contribution >= 0.6 is 0 Å². The van der Waals surface area contributed by atoms with E-state index in [2.05, 4.69) is 48.6 Å². The number of carbonyl (C=O) groups is 1. The van der Waals surface area contributed by atoms with Gasteiger partial charge in [0.1, 0.15) is 23.0 Å². The third-order valence-electron chi connectivity index (χ3n) is 8.60. The topological polar surface area (TPSA) is 35.5 Å². The van der Waals surface area contributed by atoms with Crippen molar-refractivity contribution >= 4 is 5.78 Å². The van der Waals surface area contributed by atoms with Crippen molar-refractivity contribution in [2.75, 3.05) is 0 Å². The summed E-state index contributed by atoms with van der Waals surface area (Å²) in [5, 5.41) is 0. The van der Waals surface area contributed by atoms with E-state index >= 15 is 0 Å². The second kappa shape index (κ2) is 12.7. The van der Waals surface area contributed by atoms with Crippen LogP contribution in [0.3, 0.4) is 0 Å². The normalized spacial score (nSPS) is 18.0. The number of rotatable bonds is 8. The highest BCUT2D eigenvalue weighted by molar-refractivity contribution is 6.10. The van der Waals surface area contributed by atoms with Crippen molar-refractivity contribution in [2.45, 2.75) is 64.2 Å². The van der Waals surface area contributed by atoms with Crippen LogP contribution in [-0.4, -0.2) is 5.78 Å². The van der Waals surface area contributed by atoms with Crippen LogP contribution in [0.25, 0.3) is 0 Å². The van der Waals surface area contributed by atoms with Crippen molar-refractivity contribution in [1.29, 1.82) is 0 Å². The summed E-state index contributed by atoms with van der Waals surface area (Å²) in [6, 6.07) is 28.2. The molecule has 2 aliphatic rings. The standard InChI is InChI=1S/C39H38O3/c1-27-25-35(41-33-17-13-31(14-18-33)29-9-5-3-6-10-29)21-23-37(27)39(40)38-24-22-36(26-28(38)2)42-34-19-15-32(16-20-34)30-11-7-4-8-12-30/h3-5,7,13-26,29-30H,6,8-12H2,1-2H3. The fourth-order valence-electron chi connectivity index (χ4n) is 6.13. The predicted octanol–water partition coefficient (Wildman–Crippen LogP) is 10.8. The molecule has 212 valence electrons. The van der Waals surface area contributed by atoms with Crippen LogP contribution in [0, 0.1) is 13.8 Å². The second-order valence-corrected chi connectivity index (χ2v) is 11.6. The highest BCUT2D eigenvalue weighted by Gasteiger charge is 2.17. The molecule has 4 aromatic rings. The highest BCUT2D eigenvalue weighted by atomic mass is 16.5. The molecular formula is C39H38O3. The van der Waals surface area contributed by atoms with E-state index in [9.17, 15) is 4.79 Å². The van der Waals surface area contributed by atoms with Crippen LogP contribution in [0.2, 0.25) is 0 Å². The Kier molecular flexibility index (Phi) is 8.37. The van der Waals surface area contributed by atoms with Crippen molar-refractivity contribution in [2.24, 2.45) is 0 Å². The zero-order valence-corrected chi connectivity index (χ0v) is 24.5. The van der Waals surface area contributed by atoms with Gasteiger partial charge in [0.25, 0.3) is 0 Å². The van der Waals surface area contributed by atoms with Gasteiger partial charge in [0.05, 0.1) is 0 Å². The first-order valence-corrected chi connectivity index (χ1v) is 15.1. The van der Waals surface area contributed by atoms with Gasteiger partial charge >= 0.3 is 0 Å². The summed E-state index contributed by atoms with van der Waals surface area (Å²) in [5.41, 5.74) is 5.84. The Morgan fingerprint density at radius 2 is 0.952 bits per heavy atom. The SMILES string of the molecule is Cc1cc(Oc2ccc(C3CC=CCC3)cc2)ccc1C(=O)c1ccc(Oc2ccc(C3CC=CCC3)cc2)cc1C. The summed E-state index contributed by atoms with van der Waals surface area (Å²) in [4.78, 5) is 13.5. The molecule has 3 heteroatoms. The second-order valence-electron chi connectivity index (χ2n) is 11.6. The first kappa shape index (κ1) is 27.8. The Balaban J connectivity index is 1.10. The number of aryl methyl sites for hydroxylation is 2. The van der Waals surface area contributed by atoms with Crippen LogP contribution in [0.15, 0.2) is 109 Å². The van der Waals surface area contributed by atoms with E-state index in [0.717, 1.165) is 59.8 Å². The Bertz CT molecular complexity index is 1490. The minimum absolute atomic E-state index is 0.000121. The molecule has 0 saturated heterocycles. The molecule has 6 rings (SSSR count). The lowest BCUT2D eigenvalue weighted by atomic mass is 9.88. The van der Waals surface area contributed by atoms with Gasteiger partial charge in [-0.05, 0) is 147 Å². The van der Waals surface area contributed by atoms with Crippen LogP contribution < -0.4 is 9.47 Å². The van der Waals surface area contributed by atoms with Gasteiger partial charge in [-0.3, -0.25) is 4.79 Å². The van der Waals surface area contributed by atoms with Gasteiger partial charge in [0.2, 0.25) is 0 Å². The van der Waals surface area contributed by atoms with Crippen LogP contribution in [0.5, 0.6) is 23.0 Å². The van der Waals surface area contributed by atoms with Crippen LogP contribution in [-0.2, 0) is 0 Å². The molecule has 42 heavy (non-hydrogen) atoms. The number of allylic oxidation sites excluding steroid dienone is 4. The lowest BCUT2D eigenvalue weighted by Crippen LogP contribution is -2.06. The van der Waals surface area contributed by atoms with Gasteiger partial charge in [-0.2, -0.15) is 0 Å². The molecule has 0 aromatic heterocycles. The summed E-state index contributed by atoms with van der Waals surface area (Å²) in [7, 11) is 0. The Hall–Kier alpha value is -4.37. The molecule has 0 radical (unpaired) electrons. The molecule has 2 atom stereocenters. The molecule has 0 fully saturated rings. The van der Waals surface area contributed by atoms with Gasteiger partial charge in [0, 0.05) is 11.1 Å². The van der Waals surface area contributed by atoms with Crippen molar-refractivity contribution in [3.05, 3.63) is 143 Å². The number of hydrogen-bond acceptors (Lipinski definition) is 3. The first-order chi connectivity index (χ1) is 20.5. The fraction of sp³-hybridized carbons (Fsp3) is 0.256. The number of carbonyl (C=O) groups excluding carboxylic acids is 1. The Morgan fingerprint density at radius 3 is 1.31 bits per heavy atom. The molecule has 0 N–H and O–H groups in total. The molecule has 2 unspecified atom stereocenters. The average Bonchev–Trinajstić information content (AvgIpc) is 3.03. The highest BCUT2D eigenvalue weighted by Crippen LogP contribution is 2.33. The van der Waals surface area contributed by atoms with E-state index in [-0.39, 0.29) is 5.78 Å². The molecular weight excluding hydrogens is 516 g/mol. The van der Waals surface area contributed by atoms with Crippen molar-refractivity contribution in [3.8, 4) is 23.0 Å². The molecule has 0 saturated carbocycles. The predicted molar refractivity (Wildman–Crippen MR) is 170 cm³/mol. The van der Waals surface area contributed by atoms with Crippen molar-refractivity contribution < 1.29 is 14.3 Å². The Labute approximate surface area is 249 Å². The summed E-state index contributed by atoms with van der Waals surface area (Å²) in [5.74, 6) is 4.24. The van der Waals surface area contributed by atoms with Crippen LogP contribution in [0.1, 0.15) is 88.5 Å². The third-order valence-corrected chi connectivity index (χ3v) is 8.60. The van der Waals surface area contributed by atoms with Crippen molar-refractivity contribution in [1.82, 2.24) is 0 Å². The lowest BCUT2D eigenvalue weighted by Gasteiger charge is -2.18. The summed E-state index contributed by atoms with van der Waals surface area (Å²) in [6.07, 6.45) is 16.0. The molecule has 4 aromatic carbocycles. The minimum atomic E-state index is -0.000121. The molecule has 0 bridgehead atoms. The summed E-state index contributed by atoms with van der Waals surface area (Å²) < 4.78 is 12.3. The monoisotopic (exact) mass is 554 g/mol. The molecule has 0 heterocycles. The quantitative estimate of drug-likeness (QED) is 0.160. The number of ketones is 1. The zero-order valence-electron chi connectivity index (χ0n) is 24.5. The van der Waals surface area contributed by atoms with E-state index in [1.54, 1.807) is 0 Å². The van der Waals surface area contributed by atoms with Crippen LogP contribution in [0.4, 0.5) is 0 Å². The van der Waals surface area contributed by atoms with Crippen molar-refractivity contribution in [3.63, 3.8) is 0 Å². The molecule has 0 spiro atoms. The third kappa shape index (κ3) is 6.41. The largest absolute Gasteiger partial charge is 0.457 e. The maximum absolute atomic E-state index is 13.5. The smallest absolute Gasteiger partial charge is 0.193 e. The van der Waals surface area contributed by atoms with Gasteiger partial charge in [-0.15, -0.1) is 0 Å². The van der Waals surface area contributed by atoms with Gasteiger partial charge in [-0.25, -0.2) is 0 Å². The summed E-state index contributed by atoms with van der Waals surface area (Å²) in [6.45, 7) is 3.92. The fourth-order valence-corrected chi connectivity index (χ4v) is 6.13. The lowest BCUT2D eigenvalue weighted by molar-refractivity contribution is 0.103. The number of ether oxygens (including phenoxy) is 2. The average molecular weight is 555 g/mol.